The van der Waals surface area contributed by atoms with Crippen LogP contribution in [0.1, 0.15) is 43.8 Å². The first-order valence-corrected chi connectivity index (χ1v) is 10.8. The predicted molar refractivity (Wildman–Crippen MR) is 108 cm³/mol. The molecule has 2 saturated heterocycles. The van der Waals surface area contributed by atoms with Gasteiger partial charge in [0, 0.05) is 13.1 Å². The van der Waals surface area contributed by atoms with Crippen molar-refractivity contribution in [3.05, 3.63) is 28.8 Å². The molecule has 6 nitrogen and oxygen atoms in total. The molecule has 0 aromatic heterocycles. The number of nitrogens with two attached hydrogens (primary N) is 1. The molecule has 0 radical (unpaired) electrons. The standard InChI is InChI=1S/C21H30ClN3O3/c22-17-11-14(3-6-19(17)28-16-4-5-16)20(26)18(13-24-8-1-2-9-24)25-10-7-15(12-25)21(23)27/h3,6,11,15-16,18,20,26H,1-2,4-5,7-10,12-13H2,(H2,23,27)/t15?,18-,20-/m1/s1. The van der Waals surface area contributed by atoms with Crippen LogP contribution in [0, 0.1) is 5.92 Å². The number of likely N-dealkylation sites (tertiary alicyclic amines) is 2. The topological polar surface area (TPSA) is 79.0 Å². The van der Waals surface area contributed by atoms with Crippen LogP contribution in [0.25, 0.3) is 0 Å². The van der Waals surface area contributed by atoms with Crippen molar-refractivity contribution in [1.29, 1.82) is 0 Å². The van der Waals surface area contributed by atoms with Gasteiger partial charge in [-0.25, -0.2) is 0 Å². The summed E-state index contributed by atoms with van der Waals surface area (Å²) in [5.74, 6) is 0.305. The van der Waals surface area contributed by atoms with Gasteiger partial charge in [-0.2, -0.15) is 0 Å². The molecule has 1 aromatic carbocycles. The summed E-state index contributed by atoms with van der Waals surface area (Å²) >= 11 is 6.42. The Morgan fingerprint density at radius 1 is 1.25 bits per heavy atom. The Morgan fingerprint density at radius 2 is 2.00 bits per heavy atom. The van der Waals surface area contributed by atoms with Crippen LogP contribution in [0.5, 0.6) is 5.75 Å². The molecule has 3 fully saturated rings. The average molecular weight is 408 g/mol. The summed E-state index contributed by atoms with van der Waals surface area (Å²) in [5, 5.41) is 11.8. The van der Waals surface area contributed by atoms with Gasteiger partial charge in [0.15, 0.2) is 0 Å². The van der Waals surface area contributed by atoms with Crippen LogP contribution in [-0.2, 0) is 4.79 Å². The normalized spacial score (nSPS) is 25.7. The molecule has 2 heterocycles. The zero-order valence-corrected chi connectivity index (χ0v) is 17.0. The summed E-state index contributed by atoms with van der Waals surface area (Å²) in [5.41, 5.74) is 6.31. The molecule has 1 aromatic rings. The zero-order valence-electron chi connectivity index (χ0n) is 16.2. The lowest BCUT2D eigenvalue weighted by molar-refractivity contribution is -0.121. The highest BCUT2D eigenvalue weighted by molar-refractivity contribution is 6.32. The monoisotopic (exact) mass is 407 g/mol. The van der Waals surface area contributed by atoms with Gasteiger partial charge >= 0.3 is 0 Å². The van der Waals surface area contributed by atoms with Gasteiger partial charge in [-0.3, -0.25) is 9.69 Å². The van der Waals surface area contributed by atoms with Gasteiger partial charge in [0.1, 0.15) is 5.75 Å². The van der Waals surface area contributed by atoms with Gasteiger partial charge < -0.3 is 20.5 Å². The number of carbonyl (C=O) groups is 1. The van der Waals surface area contributed by atoms with E-state index in [9.17, 15) is 9.90 Å². The molecule has 0 spiro atoms. The van der Waals surface area contributed by atoms with E-state index in [4.69, 9.17) is 22.1 Å². The molecule has 1 unspecified atom stereocenters. The Kier molecular flexibility index (Phi) is 6.11. The minimum Gasteiger partial charge on any atom is -0.489 e. The fourth-order valence-corrected chi connectivity index (χ4v) is 4.58. The quantitative estimate of drug-likeness (QED) is 0.690. The largest absolute Gasteiger partial charge is 0.489 e. The molecule has 3 N–H and O–H groups in total. The number of aliphatic hydroxyl groups excluding tert-OH is 1. The Labute approximate surface area is 171 Å². The number of hydrogen-bond acceptors (Lipinski definition) is 5. The Hall–Kier alpha value is -1.34. The number of halogens is 1. The molecule has 1 aliphatic carbocycles. The second kappa shape index (κ2) is 8.57. The molecule has 3 aliphatic rings. The van der Waals surface area contributed by atoms with Crippen LogP contribution in [0.15, 0.2) is 18.2 Å². The van der Waals surface area contributed by atoms with Crippen LogP contribution in [0.3, 0.4) is 0 Å². The smallest absolute Gasteiger partial charge is 0.221 e. The average Bonchev–Trinajstić information content (AvgIpc) is 3.13. The second-order valence-electron chi connectivity index (χ2n) is 8.41. The molecule has 1 amide bonds. The lowest BCUT2D eigenvalue weighted by Gasteiger charge is -2.35. The SMILES string of the molecule is NC(=O)C1CCN([C@H](CN2CCCC2)[C@H](O)c2ccc(OC3CC3)c(Cl)c2)C1. The Balaban J connectivity index is 1.50. The number of benzene rings is 1. The number of nitrogens with zero attached hydrogens (tertiary/aromatic N) is 2. The van der Waals surface area contributed by atoms with E-state index in [1.54, 1.807) is 0 Å². The van der Waals surface area contributed by atoms with Gasteiger partial charge in [-0.1, -0.05) is 17.7 Å². The van der Waals surface area contributed by atoms with Crippen molar-refractivity contribution >= 4 is 17.5 Å². The highest BCUT2D eigenvalue weighted by atomic mass is 35.5. The highest BCUT2D eigenvalue weighted by Crippen LogP contribution is 2.35. The van der Waals surface area contributed by atoms with E-state index >= 15 is 0 Å². The molecule has 4 rings (SSSR count). The van der Waals surface area contributed by atoms with E-state index in [1.165, 1.54) is 12.8 Å². The van der Waals surface area contributed by atoms with Crippen LogP contribution in [-0.4, -0.2) is 65.7 Å². The van der Waals surface area contributed by atoms with E-state index in [-0.39, 0.29) is 24.0 Å². The predicted octanol–water partition coefficient (Wildman–Crippen LogP) is 2.19. The zero-order chi connectivity index (χ0) is 19.7. The molecule has 1 saturated carbocycles. The molecule has 154 valence electrons. The van der Waals surface area contributed by atoms with Gasteiger partial charge in [0.2, 0.25) is 5.91 Å². The number of primary amides is 1. The molecular weight excluding hydrogens is 378 g/mol. The van der Waals surface area contributed by atoms with E-state index in [0.717, 1.165) is 51.0 Å². The summed E-state index contributed by atoms with van der Waals surface area (Å²) in [7, 11) is 0. The Morgan fingerprint density at radius 3 is 2.61 bits per heavy atom. The molecule has 0 bridgehead atoms. The highest BCUT2D eigenvalue weighted by Gasteiger charge is 2.36. The van der Waals surface area contributed by atoms with E-state index in [0.29, 0.717) is 17.3 Å². The second-order valence-corrected chi connectivity index (χ2v) is 8.82. The van der Waals surface area contributed by atoms with E-state index < -0.39 is 6.10 Å². The van der Waals surface area contributed by atoms with Crippen molar-refractivity contribution < 1.29 is 14.6 Å². The molecular formula is C21H30ClN3O3. The lowest BCUT2D eigenvalue weighted by atomic mass is 10.00. The van der Waals surface area contributed by atoms with Crippen molar-refractivity contribution in [2.45, 2.75) is 50.4 Å². The van der Waals surface area contributed by atoms with Crippen LogP contribution in [0.4, 0.5) is 0 Å². The maximum atomic E-state index is 11.6. The van der Waals surface area contributed by atoms with Crippen molar-refractivity contribution in [3.63, 3.8) is 0 Å². The van der Waals surface area contributed by atoms with E-state index in [2.05, 4.69) is 9.80 Å². The molecule has 7 heteroatoms. The van der Waals surface area contributed by atoms with Crippen molar-refractivity contribution in [1.82, 2.24) is 9.80 Å². The van der Waals surface area contributed by atoms with Crippen LogP contribution < -0.4 is 10.5 Å². The number of aliphatic hydroxyl groups is 1. The summed E-state index contributed by atoms with van der Waals surface area (Å²) in [6, 6.07) is 5.51. The Bertz CT molecular complexity index is 706. The molecule has 28 heavy (non-hydrogen) atoms. The van der Waals surface area contributed by atoms with Crippen molar-refractivity contribution in [2.24, 2.45) is 11.7 Å². The van der Waals surface area contributed by atoms with Gasteiger partial charge in [0.25, 0.3) is 0 Å². The third kappa shape index (κ3) is 4.62. The number of ether oxygens (including phenoxy) is 1. The molecule has 3 atom stereocenters. The first kappa shape index (κ1) is 20.0. The summed E-state index contributed by atoms with van der Waals surface area (Å²) in [6.07, 6.45) is 4.92. The summed E-state index contributed by atoms with van der Waals surface area (Å²) in [4.78, 5) is 16.2. The first-order valence-electron chi connectivity index (χ1n) is 10.4. The lowest BCUT2D eigenvalue weighted by Crippen LogP contribution is -2.46. The number of hydrogen-bond donors (Lipinski definition) is 2. The van der Waals surface area contributed by atoms with Gasteiger partial charge in [-0.05, 0) is 69.4 Å². The fourth-order valence-electron chi connectivity index (χ4n) is 4.35. The maximum Gasteiger partial charge on any atom is 0.221 e. The minimum atomic E-state index is -0.681. The maximum absolute atomic E-state index is 11.6. The number of amides is 1. The number of carbonyl (C=O) groups excluding carboxylic acids is 1. The van der Waals surface area contributed by atoms with Gasteiger partial charge in [-0.15, -0.1) is 0 Å². The summed E-state index contributed by atoms with van der Waals surface area (Å²) < 4.78 is 5.82. The van der Waals surface area contributed by atoms with E-state index in [1.807, 2.05) is 18.2 Å². The van der Waals surface area contributed by atoms with Gasteiger partial charge in [0.05, 0.1) is 29.2 Å². The molecule has 2 aliphatic heterocycles. The third-order valence-corrected chi connectivity index (χ3v) is 6.51. The van der Waals surface area contributed by atoms with Crippen LogP contribution >= 0.6 is 11.6 Å². The third-order valence-electron chi connectivity index (χ3n) is 6.21. The number of rotatable bonds is 8. The fraction of sp³-hybridized carbons (Fsp3) is 0.667. The summed E-state index contributed by atoms with van der Waals surface area (Å²) in [6.45, 7) is 4.29. The first-order chi connectivity index (χ1) is 13.5. The van der Waals surface area contributed by atoms with Crippen molar-refractivity contribution in [2.75, 3.05) is 32.7 Å². The van der Waals surface area contributed by atoms with Crippen LogP contribution in [0.2, 0.25) is 5.02 Å². The minimum absolute atomic E-state index is 0.0892. The van der Waals surface area contributed by atoms with Crippen molar-refractivity contribution in [3.8, 4) is 5.75 Å².